The molecule has 80 heavy (non-hydrogen) atoms. The van der Waals surface area contributed by atoms with Gasteiger partial charge in [-0.2, -0.15) is 0 Å². The predicted molar refractivity (Wildman–Crippen MR) is 295 cm³/mol. The van der Waals surface area contributed by atoms with Gasteiger partial charge in [0.25, 0.3) is 0 Å². The minimum atomic E-state index is -0.872. The summed E-state index contributed by atoms with van der Waals surface area (Å²) < 4.78 is 52.7. The zero-order valence-corrected chi connectivity index (χ0v) is 48.4. The number of carbonyl (C=O) groups is 7. The van der Waals surface area contributed by atoms with Crippen molar-refractivity contribution in [3.8, 4) is 0 Å². The third-order valence-corrected chi connectivity index (χ3v) is 16.5. The van der Waals surface area contributed by atoms with Crippen molar-refractivity contribution in [2.45, 2.75) is 118 Å². The van der Waals surface area contributed by atoms with Crippen LogP contribution in [0.1, 0.15) is 99.3 Å². The summed E-state index contributed by atoms with van der Waals surface area (Å²) in [5.41, 5.74) is 0.346. The molecular formula is C57H94N6O17. The number of nitrogens with one attached hydrogen (secondary N) is 6. The van der Waals surface area contributed by atoms with Crippen molar-refractivity contribution in [3.05, 3.63) is 36.5 Å². The molecule has 23 nitrogen and oxygen atoms in total. The average molecular weight is 1140 g/mol. The van der Waals surface area contributed by atoms with Crippen molar-refractivity contribution in [2.75, 3.05) is 119 Å². The molecule has 6 amide bonds. The molecule has 0 spiro atoms. The standard InChI is InChI=1S/C57H94N6O17/c1-37(2)50(66)58-16-22-72-28-31-75-25-19-61-53(69)78-42-14-15-56(8)41(34-42)35-46(79-54(70)62-20-26-76-32-29-73-23-17-59-51(67)38(3)4)49-44-12-11-43(40(7)10-13-48(64)65)57(44,9)47(36-45(49)56)80-55(71)63-21-27-77-33-30-74-24-18-60-52(68)39(5)6/h40-47,49H,1,3,5,10-36H2,2,4,6-9H3,(H,58,66)(H,59,67)(H,60,68)(H,61,69)(H,62,70)(H,63,71)(H,64,65)/t40-,41+,42-,43-,44+,45+,46-,47+,49+,56+,57-/m1/s1. The highest BCUT2D eigenvalue weighted by atomic mass is 16.6. The van der Waals surface area contributed by atoms with Crippen LogP contribution >= 0.6 is 0 Å². The number of amides is 6. The van der Waals surface area contributed by atoms with Crippen molar-refractivity contribution in [1.29, 1.82) is 0 Å². The third kappa shape index (κ3) is 21.5. The molecule has 11 atom stereocenters. The van der Waals surface area contributed by atoms with Crippen molar-refractivity contribution >= 4 is 42.0 Å². The van der Waals surface area contributed by atoms with Gasteiger partial charge in [0, 0.05) is 73.7 Å². The zero-order chi connectivity index (χ0) is 58.7. The zero-order valence-electron chi connectivity index (χ0n) is 48.4. The first-order chi connectivity index (χ1) is 38.2. The van der Waals surface area contributed by atoms with E-state index in [9.17, 15) is 38.7 Å². The lowest BCUT2D eigenvalue weighted by molar-refractivity contribution is -0.206. The van der Waals surface area contributed by atoms with Gasteiger partial charge in [0.05, 0.1) is 79.3 Å². The second-order valence-corrected chi connectivity index (χ2v) is 22.1. The maximum atomic E-state index is 13.9. The van der Waals surface area contributed by atoms with Crippen LogP contribution in [0.2, 0.25) is 0 Å². The maximum Gasteiger partial charge on any atom is 0.407 e. The quantitative estimate of drug-likeness (QED) is 0.0249. The molecule has 0 aliphatic heterocycles. The van der Waals surface area contributed by atoms with Gasteiger partial charge in [-0.1, -0.05) is 40.5 Å². The molecule has 4 saturated carbocycles. The van der Waals surface area contributed by atoms with Crippen LogP contribution in [0, 0.1) is 46.3 Å². The van der Waals surface area contributed by atoms with Crippen molar-refractivity contribution in [3.63, 3.8) is 0 Å². The summed E-state index contributed by atoms with van der Waals surface area (Å²) in [7, 11) is 0. The molecule has 454 valence electrons. The van der Waals surface area contributed by atoms with Crippen molar-refractivity contribution in [2.24, 2.45) is 46.3 Å². The first-order valence-electron chi connectivity index (χ1n) is 28.5. The van der Waals surface area contributed by atoms with Crippen LogP contribution in [0.5, 0.6) is 0 Å². The number of carboxylic acids is 1. The number of carbonyl (C=O) groups excluding carboxylic acids is 6. The molecule has 23 heteroatoms. The summed E-state index contributed by atoms with van der Waals surface area (Å²) >= 11 is 0. The highest BCUT2D eigenvalue weighted by Crippen LogP contribution is 2.69. The summed E-state index contributed by atoms with van der Waals surface area (Å²) in [6, 6.07) is 0. The maximum absolute atomic E-state index is 13.9. The Morgan fingerprint density at radius 2 is 0.938 bits per heavy atom. The van der Waals surface area contributed by atoms with Gasteiger partial charge < -0.3 is 79.6 Å². The first-order valence-corrected chi connectivity index (χ1v) is 28.5. The Bertz CT molecular complexity index is 2060. The van der Waals surface area contributed by atoms with Crippen LogP contribution in [0.3, 0.4) is 0 Å². The Kier molecular flexibility index (Phi) is 29.3. The Balaban J connectivity index is 1.42. The normalized spacial score (nSPS) is 25.9. The van der Waals surface area contributed by atoms with Crippen LogP contribution in [0.15, 0.2) is 36.5 Å². The highest BCUT2D eigenvalue weighted by Gasteiger charge is 2.68. The Labute approximate surface area is 472 Å². The summed E-state index contributed by atoms with van der Waals surface area (Å²) in [6.45, 7) is 27.2. The molecule has 0 aromatic heterocycles. The number of hydrogen-bond acceptors (Lipinski definition) is 16. The summed E-state index contributed by atoms with van der Waals surface area (Å²) in [5, 5.41) is 26.4. The molecule has 0 bridgehead atoms. The van der Waals surface area contributed by atoms with E-state index in [4.69, 9.17) is 42.6 Å². The van der Waals surface area contributed by atoms with Gasteiger partial charge in [-0.15, -0.1) is 0 Å². The second-order valence-electron chi connectivity index (χ2n) is 22.1. The minimum absolute atomic E-state index is 0.00752. The van der Waals surface area contributed by atoms with Gasteiger partial charge in [-0.05, 0) is 107 Å². The van der Waals surface area contributed by atoms with E-state index in [0.717, 1.165) is 12.8 Å². The fourth-order valence-electron chi connectivity index (χ4n) is 12.4. The van der Waals surface area contributed by atoms with E-state index in [0.29, 0.717) is 121 Å². The topological polar surface area (TPSA) is 295 Å². The monoisotopic (exact) mass is 1130 g/mol. The van der Waals surface area contributed by atoms with E-state index in [2.05, 4.69) is 72.4 Å². The molecule has 4 fully saturated rings. The minimum Gasteiger partial charge on any atom is -0.481 e. The lowest BCUT2D eigenvalue weighted by Crippen LogP contribution is -2.64. The van der Waals surface area contributed by atoms with E-state index in [1.54, 1.807) is 20.8 Å². The van der Waals surface area contributed by atoms with Crippen LogP contribution in [0.25, 0.3) is 0 Å². The molecular weight excluding hydrogens is 1040 g/mol. The number of hydrogen-bond donors (Lipinski definition) is 7. The smallest absolute Gasteiger partial charge is 0.407 e. The SMILES string of the molecule is C=C(C)C(=O)NCCOCCOCCNC(=O)O[C@@H]1CC[C@@]2(C)[C@@H](C1)C[C@@H](OC(=O)NCCOCCOCCNC(=O)C(=C)C)[C@@H]1[C@@H]2C[C@H](OC(=O)NCCOCCOCCNC(=O)C(=C)C)[C@]2(C)[C@@H]([C@H](C)CCC(=O)O)CC[C@@H]12. The number of alkyl carbamates (subject to hydrolysis) is 3. The average Bonchev–Trinajstić information content (AvgIpc) is 3.77. The molecule has 7 N–H and O–H groups in total. The lowest BCUT2D eigenvalue weighted by atomic mass is 9.43. The summed E-state index contributed by atoms with van der Waals surface area (Å²) in [6.07, 6.45) is 1.66. The molecule has 0 aromatic carbocycles. The fourth-order valence-corrected chi connectivity index (χ4v) is 12.4. The molecule has 0 heterocycles. The molecule has 4 rings (SSSR count). The summed E-state index contributed by atoms with van der Waals surface area (Å²) in [4.78, 5) is 87.7. The molecule has 0 unspecified atom stereocenters. The van der Waals surface area contributed by atoms with E-state index in [1.807, 2.05) is 0 Å². The third-order valence-electron chi connectivity index (χ3n) is 16.5. The molecule has 4 aliphatic rings. The fraction of sp³-hybridized carbons (Fsp3) is 0.772. The summed E-state index contributed by atoms with van der Waals surface area (Å²) in [5.74, 6) is -1.84. The van der Waals surface area contributed by atoms with Gasteiger partial charge >= 0.3 is 24.2 Å². The van der Waals surface area contributed by atoms with E-state index < -0.39 is 48.0 Å². The van der Waals surface area contributed by atoms with Gasteiger partial charge in [0.1, 0.15) is 18.3 Å². The molecule has 0 aromatic rings. The molecule has 4 aliphatic carbocycles. The van der Waals surface area contributed by atoms with Crippen LogP contribution in [-0.2, 0) is 61.8 Å². The van der Waals surface area contributed by atoms with E-state index in [-0.39, 0.29) is 118 Å². The van der Waals surface area contributed by atoms with Gasteiger partial charge in [-0.25, -0.2) is 14.4 Å². The number of rotatable bonds is 37. The van der Waals surface area contributed by atoms with Crippen LogP contribution in [-0.4, -0.2) is 184 Å². The Morgan fingerprint density at radius 3 is 1.36 bits per heavy atom. The number of aliphatic carboxylic acids is 1. The number of fused-ring (bicyclic) bond motifs is 5. The van der Waals surface area contributed by atoms with Crippen molar-refractivity contribution < 1.29 is 81.3 Å². The highest BCUT2D eigenvalue weighted by molar-refractivity contribution is 5.92. The first kappa shape index (κ1) is 67.2. The predicted octanol–water partition coefficient (Wildman–Crippen LogP) is 4.83. The largest absolute Gasteiger partial charge is 0.481 e. The Morgan fingerprint density at radius 1 is 0.525 bits per heavy atom. The second kappa shape index (κ2) is 34.8. The van der Waals surface area contributed by atoms with Crippen LogP contribution in [0.4, 0.5) is 14.4 Å². The number of ether oxygens (including phenoxy) is 9. The lowest BCUT2D eigenvalue weighted by Gasteiger charge is -2.64. The van der Waals surface area contributed by atoms with Crippen molar-refractivity contribution in [1.82, 2.24) is 31.9 Å². The Hall–Kier alpha value is -5.33. The van der Waals surface area contributed by atoms with Gasteiger partial charge in [0.2, 0.25) is 17.7 Å². The molecule has 0 saturated heterocycles. The van der Waals surface area contributed by atoms with Gasteiger partial charge in [-0.3, -0.25) is 19.2 Å². The van der Waals surface area contributed by atoms with Gasteiger partial charge in [0.15, 0.2) is 0 Å². The molecule has 0 radical (unpaired) electrons. The van der Waals surface area contributed by atoms with E-state index >= 15 is 0 Å². The number of carboxylic acid groups (broad SMARTS) is 1. The van der Waals surface area contributed by atoms with E-state index in [1.165, 1.54) is 0 Å². The van der Waals surface area contributed by atoms with Crippen LogP contribution < -0.4 is 31.9 Å².